The Hall–Kier alpha value is -1.84. The van der Waals surface area contributed by atoms with Crippen molar-refractivity contribution >= 4 is 41.8 Å². The van der Waals surface area contributed by atoms with Crippen LogP contribution in [-0.2, 0) is 27.4 Å². The molecule has 1 N–H and O–H groups in total. The SMILES string of the molecule is CCNC(=NCc1ccccc1CN1CCCC1=O)N1CCC(C(=O)OC)CC1.I. The van der Waals surface area contributed by atoms with Gasteiger partial charge in [0, 0.05) is 39.1 Å². The molecule has 8 heteroatoms. The second kappa shape index (κ2) is 12.1. The van der Waals surface area contributed by atoms with Crippen LogP contribution in [-0.4, -0.2) is 60.9 Å². The maximum Gasteiger partial charge on any atom is 0.308 e. The Morgan fingerprint density at radius 1 is 1.20 bits per heavy atom. The van der Waals surface area contributed by atoms with Crippen molar-refractivity contribution in [2.45, 2.75) is 45.7 Å². The minimum Gasteiger partial charge on any atom is -0.469 e. The third-order valence-corrected chi connectivity index (χ3v) is 5.71. The molecular formula is C22H33IN4O3. The van der Waals surface area contributed by atoms with E-state index in [0.29, 0.717) is 19.5 Å². The van der Waals surface area contributed by atoms with E-state index >= 15 is 0 Å². The third-order valence-electron chi connectivity index (χ3n) is 5.71. The number of ether oxygens (including phenoxy) is 1. The number of esters is 1. The van der Waals surface area contributed by atoms with Crippen LogP contribution >= 0.6 is 24.0 Å². The quantitative estimate of drug-likeness (QED) is 0.266. The number of likely N-dealkylation sites (tertiary alicyclic amines) is 2. The monoisotopic (exact) mass is 528 g/mol. The molecule has 0 spiro atoms. The van der Waals surface area contributed by atoms with Crippen LogP contribution in [0.2, 0.25) is 0 Å². The van der Waals surface area contributed by atoms with Gasteiger partial charge in [-0.3, -0.25) is 9.59 Å². The zero-order valence-corrected chi connectivity index (χ0v) is 20.3. The summed E-state index contributed by atoms with van der Waals surface area (Å²) in [6.07, 6.45) is 3.17. The lowest BCUT2D eigenvalue weighted by molar-refractivity contribution is -0.146. The minimum atomic E-state index is -0.114. The lowest BCUT2D eigenvalue weighted by atomic mass is 9.97. The number of carbonyl (C=O) groups is 2. The van der Waals surface area contributed by atoms with Gasteiger partial charge < -0.3 is 19.9 Å². The summed E-state index contributed by atoms with van der Waals surface area (Å²) in [5, 5.41) is 3.38. The van der Waals surface area contributed by atoms with E-state index in [4.69, 9.17) is 9.73 Å². The fraction of sp³-hybridized carbons (Fsp3) is 0.591. The maximum absolute atomic E-state index is 12.0. The van der Waals surface area contributed by atoms with Crippen LogP contribution in [0.5, 0.6) is 0 Å². The smallest absolute Gasteiger partial charge is 0.308 e. The summed E-state index contributed by atoms with van der Waals surface area (Å²) in [7, 11) is 1.45. The van der Waals surface area contributed by atoms with Crippen molar-refractivity contribution < 1.29 is 14.3 Å². The summed E-state index contributed by atoms with van der Waals surface area (Å²) in [5.41, 5.74) is 2.30. The van der Waals surface area contributed by atoms with Crippen LogP contribution in [0.1, 0.15) is 43.7 Å². The number of carbonyl (C=O) groups excluding carboxylic acids is 2. The summed E-state index contributed by atoms with van der Waals surface area (Å²) in [6, 6.07) is 8.22. The molecule has 2 heterocycles. The number of nitrogens with one attached hydrogen (secondary N) is 1. The molecule has 166 valence electrons. The first-order valence-corrected chi connectivity index (χ1v) is 10.6. The second-order valence-corrected chi connectivity index (χ2v) is 7.64. The average Bonchev–Trinajstić information content (AvgIpc) is 3.16. The molecule has 0 aliphatic carbocycles. The maximum atomic E-state index is 12.0. The first kappa shape index (κ1) is 24.4. The van der Waals surface area contributed by atoms with E-state index in [0.717, 1.165) is 62.5 Å². The van der Waals surface area contributed by atoms with Gasteiger partial charge in [0.15, 0.2) is 5.96 Å². The highest BCUT2D eigenvalue weighted by molar-refractivity contribution is 14.0. The molecule has 0 radical (unpaired) electrons. The molecule has 0 aromatic heterocycles. The van der Waals surface area contributed by atoms with Crippen molar-refractivity contribution in [1.29, 1.82) is 0 Å². The second-order valence-electron chi connectivity index (χ2n) is 7.64. The number of rotatable bonds is 6. The number of methoxy groups -OCH3 is 1. The number of amides is 1. The molecule has 0 atom stereocenters. The Morgan fingerprint density at radius 3 is 2.50 bits per heavy atom. The Morgan fingerprint density at radius 2 is 1.90 bits per heavy atom. The third kappa shape index (κ3) is 6.33. The Labute approximate surface area is 196 Å². The fourth-order valence-corrected chi connectivity index (χ4v) is 4.02. The molecule has 2 aliphatic heterocycles. The summed E-state index contributed by atoms with van der Waals surface area (Å²) < 4.78 is 4.88. The van der Waals surface area contributed by atoms with Crippen molar-refractivity contribution in [2.75, 3.05) is 33.3 Å². The number of piperidine rings is 1. The molecule has 0 saturated carbocycles. The number of halogens is 1. The van der Waals surface area contributed by atoms with Gasteiger partial charge in [-0.05, 0) is 37.3 Å². The van der Waals surface area contributed by atoms with E-state index in [2.05, 4.69) is 29.3 Å². The highest BCUT2D eigenvalue weighted by Crippen LogP contribution is 2.20. The highest BCUT2D eigenvalue weighted by Gasteiger charge is 2.27. The number of benzene rings is 1. The molecule has 2 aliphatic rings. The molecule has 2 fully saturated rings. The van der Waals surface area contributed by atoms with Crippen molar-refractivity contribution in [2.24, 2.45) is 10.9 Å². The van der Waals surface area contributed by atoms with Crippen LogP contribution < -0.4 is 5.32 Å². The van der Waals surface area contributed by atoms with Crippen molar-refractivity contribution in [3.05, 3.63) is 35.4 Å². The molecule has 0 unspecified atom stereocenters. The van der Waals surface area contributed by atoms with Gasteiger partial charge in [-0.1, -0.05) is 24.3 Å². The Balaban J connectivity index is 0.00000320. The first-order chi connectivity index (χ1) is 14.1. The van der Waals surface area contributed by atoms with E-state index in [1.807, 2.05) is 17.0 Å². The minimum absolute atomic E-state index is 0. The summed E-state index contributed by atoms with van der Waals surface area (Å²) in [6.45, 7) is 6.49. The zero-order chi connectivity index (χ0) is 20.6. The largest absolute Gasteiger partial charge is 0.469 e. The van der Waals surface area contributed by atoms with Gasteiger partial charge in [-0.25, -0.2) is 4.99 Å². The van der Waals surface area contributed by atoms with Crippen LogP contribution in [0.15, 0.2) is 29.3 Å². The molecule has 30 heavy (non-hydrogen) atoms. The van der Waals surface area contributed by atoms with E-state index in [-0.39, 0.29) is 41.8 Å². The number of aliphatic imine (C=N–C) groups is 1. The summed E-state index contributed by atoms with van der Waals surface area (Å²) >= 11 is 0. The fourth-order valence-electron chi connectivity index (χ4n) is 4.02. The van der Waals surface area contributed by atoms with Crippen LogP contribution in [0.3, 0.4) is 0 Å². The van der Waals surface area contributed by atoms with E-state index < -0.39 is 0 Å². The van der Waals surface area contributed by atoms with E-state index in [1.54, 1.807) is 0 Å². The van der Waals surface area contributed by atoms with Gasteiger partial charge >= 0.3 is 5.97 Å². The summed E-state index contributed by atoms with van der Waals surface area (Å²) in [4.78, 5) is 32.8. The molecule has 1 aromatic rings. The lowest BCUT2D eigenvalue weighted by Crippen LogP contribution is -2.46. The van der Waals surface area contributed by atoms with Crippen molar-refractivity contribution in [1.82, 2.24) is 15.1 Å². The first-order valence-electron chi connectivity index (χ1n) is 10.6. The topological polar surface area (TPSA) is 74.2 Å². The van der Waals surface area contributed by atoms with Gasteiger partial charge in [-0.15, -0.1) is 24.0 Å². The molecule has 1 amide bonds. The van der Waals surface area contributed by atoms with E-state index in [9.17, 15) is 9.59 Å². The normalized spacial score (nSPS) is 17.7. The standard InChI is InChI=1S/C22H32N4O3.HI/c1-3-23-22(25-13-10-17(11-14-25)21(28)29-2)24-15-18-7-4-5-8-19(18)16-26-12-6-9-20(26)27;/h4-5,7-8,17H,3,6,9-16H2,1-2H3,(H,23,24);1H. The van der Waals surface area contributed by atoms with Gasteiger partial charge in [0.2, 0.25) is 5.91 Å². The van der Waals surface area contributed by atoms with Gasteiger partial charge in [0.25, 0.3) is 0 Å². The highest BCUT2D eigenvalue weighted by atomic mass is 127. The molecule has 3 rings (SSSR count). The van der Waals surface area contributed by atoms with Gasteiger partial charge in [0.05, 0.1) is 19.6 Å². The predicted molar refractivity (Wildman–Crippen MR) is 128 cm³/mol. The predicted octanol–water partition coefficient (Wildman–Crippen LogP) is 2.78. The Bertz CT molecular complexity index is 748. The number of hydrogen-bond donors (Lipinski definition) is 1. The molecular weight excluding hydrogens is 495 g/mol. The number of hydrogen-bond acceptors (Lipinski definition) is 4. The Kier molecular flexibility index (Phi) is 9.87. The summed E-state index contributed by atoms with van der Waals surface area (Å²) in [5.74, 6) is 0.989. The van der Waals surface area contributed by atoms with Gasteiger partial charge in [0.1, 0.15) is 0 Å². The van der Waals surface area contributed by atoms with Crippen molar-refractivity contribution in [3.8, 4) is 0 Å². The molecule has 7 nitrogen and oxygen atoms in total. The average molecular weight is 528 g/mol. The number of nitrogens with zero attached hydrogens (tertiary/aromatic N) is 3. The number of guanidine groups is 1. The van der Waals surface area contributed by atoms with Gasteiger partial charge in [-0.2, -0.15) is 0 Å². The lowest BCUT2D eigenvalue weighted by Gasteiger charge is -2.33. The zero-order valence-electron chi connectivity index (χ0n) is 17.9. The van der Waals surface area contributed by atoms with Crippen LogP contribution in [0, 0.1) is 5.92 Å². The van der Waals surface area contributed by atoms with Crippen LogP contribution in [0.4, 0.5) is 0 Å². The molecule has 2 saturated heterocycles. The molecule has 0 bridgehead atoms. The van der Waals surface area contributed by atoms with Crippen LogP contribution in [0.25, 0.3) is 0 Å². The van der Waals surface area contributed by atoms with Crippen molar-refractivity contribution in [3.63, 3.8) is 0 Å². The molecule has 1 aromatic carbocycles. The van der Waals surface area contributed by atoms with E-state index in [1.165, 1.54) is 7.11 Å².